The summed E-state index contributed by atoms with van der Waals surface area (Å²) in [5.74, 6) is 0.670. The summed E-state index contributed by atoms with van der Waals surface area (Å²) in [6.07, 6.45) is 3.58. The molecule has 1 fully saturated rings. The second-order valence-corrected chi connectivity index (χ2v) is 4.46. The van der Waals surface area contributed by atoms with Crippen molar-refractivity contribution in [2.75, 3.05) is 0 Å². The number of carbonyl (C=O) groups is 1. The monoisotopic (exact) mass is 275 g/mol. The van der Waals surface area contributed by atoms with E-state index in [-0.39, 0.29) is 42.5 Å². The highest BCUT2D eigenvalue weighted by Gasteiger charge is 2.25. The van der Waals surface area contributed by atoms with E-state index in [1.54, 1.807) is 0 Å². The van der Waals surface area contributed by atoms with Crippen molar-refractivity contribution in [3.8, 4) is 0 Å². The first-order valence-electron chi connectivity index (χ1n) is 5.81. The number of amides is 1. The van der Waals surface area contributed by atoms with Crippen LogP contribution in [0.2, 0.25) is 0 Å². The van der Waals surface area contributed by atoms with Crippen molar-refractivity contribution in [3.05, 3.63) is 16.3 Å². The first kappa shape index (κ1) is 14.7. The van der Waals surface area contributed by atoms with Gasteiger partial charge in [-0.15, -0.1) is 12.4 Å². The highest BCUT2D eigenvalue weighted by molar-refractivity contribution is 5.85. The Labute approximate surface area is 110 Å². The van der Waals surface area contributed by atoms with Gasteiger partial charge in [0.1, 0.15) is 5.82 Å². The number of carbonyl (C=O) groups excluding carboxylic acids is 1. The van der Waals surface area contributed by atoms with E-state index in [1.807, 2.05) is 0 Å². The molecule has 0 aliphatic heterocycles. The number of aromatic amines is 2. The predicted octanol–water partition coefficient (Wildman–Crippen LogP) is -0.346. The number of aromatic nitrogens is 3. The second-order valence-electron chi connectivity index (χ2n) is 4.46. The highest BCUT2D eigenvalue weighted by Crippen LogP contribution is 2.26. The summed E-state index contributed by atoms with van der Waals surface area (Å²) in [4.78, 5) is 24.9. The molecular weight excluding hydrogens is 258 g/mol. The van der Waals surface area contributed by atoms with Gasteiger partial charge in [0.15, 0.2) is 0 Å². The van der Waals surface area contributed by atoms with Gasteiger partial charge in [-0.1, -0.05) is 6.42 Å². The minimum absolute atomic E-state index is 0. The number of nitrogens with zero attached hydrogens (tertiary/aromatic N) is 1. The van der Waals surface area contributed by atoms with E-state index >= 15 is 0 Å². The summed E-state index contributed by atoms with van der Waals surface area (Å²) in [7, 11) is 0. The maximum atomic E-state index is 11.6. The van der Waals surface area contributed by atoms with Gasteiger partial charge in [0, 0.05) is 12.5 Å². The lowest BCUT2D eigenvalue weighted by Crippen LogP contribution is -2.31. The Morgan fingerprint density at radius 3 is 2.83 bits per heavy atom. The van der Waals surface area contributed by atoms with E-state index in [4.69, 9.17) is 5.73 Å². The number of rotatable bonds is 4. The van der Waals surface area contributed by atoms with Crippen LogP contribution in [-0.2, 0) is 11.3 Å². The molecule has 1 aromatic heterocycles. The SMILES string of the molecule is Cl.N[C@@H]1CCC[C@H]1CC(=O)NCc1n[nH]c(=O)[nH]1. The quantitative estimate of drug-likeness (QED) is 0.601. The molecule has 2 rings (SSSR count). The number of halogens is 1. The van der Waals surface area contributed by atoms with Gasteiger partial charge in [-0.2, -0.15) is 5.10 Å². The van der Waals surface area contributed by atoms with Gasteiger partial charge in [-0.25, -0.2) is 9.89 Å². The largest absolute Gasteiger partial charge is 0.349 e. The Bertz CT molecular complexity index is 443. The Balaban J connectivity index is 0.00000162. The van der Waals surface area contributed by atoms with E-state index in [0.29, 0.717) is 12.2 Å². The normalized spacial score (nSPS) is 22.5. The Hall–Kier alpha value is -1.34. The number of nitrogens with two attached hydrogens (primary N) is 1. The zero-order valence-corrected chi connectivity index (χ0v) is 10.8. The topological polar surface area (TPSA) is 117 Å². The molecule has 0 aromatic carbocycles. The third kappa shape index (κ3) is 3.85. The van der Waals surface area contributed by atoms with Gasteiger partial charge in [0.05, 0.1) is 6.54 Å². The van der Waals surface area contributed by atoms with Crippen LogP contribution in [0.3, 0.4) is 0 Å². The number of hydrogen-bond acceptors (Lipinski definition) is 4. The molecule has 5 N–H and O–H groups in total. The molecule has 8 heteroatoms. The van der Waals surface area contributed by atoms with Crippen molar-refractivity contribution < 1.29 is 4.79 Å². The van der Waals surface area contributed by atoms with Crippen molar-refractivity contribution in [2.45, 2.75) is 38.3 Å². The molecule has 1 aromatic rings. The summed E-state index contributed by atoms with van der Waals surface area (Å²) in [5, 5.41) is 8.65. The fourth-order valence-corrected chi connectivity index (χ4v) is 2.20. The molecule has 0 saturated heterocycles. The van der Waals surface area contributed by atoms with Crippen molar-refractivity contribution in [3.63, 3.8) is 0 Å². The number of nitrogens with one attached hydrogen (secondary N) is 3. The number of hydrogen-bond donors (Lipinski definition) is 4. The number of H-pyrrole nitrogens is 2. The van der Waals surface area contributed by atoms with E-state index in [2.05, 4.69) is 20.5 Å². The van der Waals surface area contributed by atoms with Crippen molar-refractivity contribution in [1.82, 2.24) is 20.5 Å². The Morgan fingerprint density at radius 2 is 2.28 bits per heavy atom. The van der Waals surface area contributed by atoms with Gasteiger partial charge in [-0.3, -0.25) is 9.78 Å². The smallest absolute Gasteiger partial charge is 0.340 e. The first-order chi connectivity index (χ1) is 8.15. The molecule has 1 saturated carbocycles. The lowest BCUT2D eigenvalue weighted by atomic mass is 10.00. The summed E-state index contributed by atoms with van der Waals surface area (Å²) >= 11 is 0. The minimum atomic E-state index is -0.368. The van der Waals surface area contributed by atoms with Gasteiger partial charge < -0.3 is 11.1 Å². The van der Waals surface area contributed by atoms with Gasteiger partial charge in [0.2, 0.25) is 5.91 Å². The molecule has 102 valence electrons. The van der Waals surface area contributed by atoms with E-state index in [1.165, 1.54) is 0 Å². The third-order valence-electron chi connectivity index (χ3n) is 3.17. The van der Waals surface area contributed by atoms with Crippen LogP contribution in [-0.4, -0.2) is 27.1 Å². The maximum Gasteiger partial charge on any atom is 0.340 e. The van der Waals surface area contributed by atoms with Gasteiger partial charge >= 0.3 is 5.69 Å². The highest BCUT2D eigenvalue weighted by atomic mass is 35.5. The molecule has 1 aliphatic rings. The molecule has 0 bridgehead atoms. The molecule has 18 heavy (non-hydrogen) atoms. The van der Waals surface area contributed by atoms with E-state index in [0.717, 1.165) is 19.3 Å². The maximum absolute atomic E-state index is 11.6. The molecule has 1 aliphatic carbocycles. The predicted molar refractivity (Wildman–Crippen MR) is 68.2 cm³/mol. The van der Waals surface area contributed by atoms with Crippen molar-refractivity contribution in [2.24, 2.45) is 11.7 Å². The van der Waals surface area contributed by atoms with E-state index < -0.39 is 0 Å². The van der Waals surface area contributed by atoms with Crippen LogP contribution < -0.4 is 16.7 Å². The first-order valence-corrected chi connectivity index (χ1v) is 5.81. The van der Waals surface area contributed by atoms with Crippen LogP contribution >= 0.6 is 12.4 Å². The Morgan fingerprint density at radius 1 is 1.50 bits per heavy atom. The fourth-order valence-electron chi connectivity index (χ4n) is 2.20. The summed E-state index contributed by atoms with van der Waals surface area (Å²) in [6, 6.07) is 0.144. The summed E-state index contributed by atoms with van der Waals surface area (Å²) in [5.41, 5.74) is 5.52. The lowest BCUT2D eigenvalue weighted by molar-refractivity contribution is -0.122. The average molecular weight is 276 g/mol. The second kappa shape index (κ2) is 6.55. The zero-order valence-electron chi connectivity index (χ0n) is 9.94. The standard InChI is InChI=1S/C10H17N5O2.ClH/c11-7-3-1-2-6(7)4-9(16)12-5-8-13-10(17)15-14-8;/h6-7H,1-5,11H2,(H,12,16)(H2,13,14,15,17);1H/t6-,7+;/m0./s1. The molecule has 2 atom stereocenters. The summed E-state index contributed by atoms with van der Waals surface area (Å²) < 4.78 is 0. The Kier molecular flexibility index (Phi) is 5.36. The molecule has 7 nitrogen and oxygen atoms in total. The van der Waals surface area contributed by atoms with Crippen LogP contribution in [0.1, 0.15) is 31.5 Å². The molecule has 1 heterocycles. The van der Waals surface area contributed by atoms with Crippen molar-refractivity contribution >= 4 is 18.3 Å². The van der Waals surface area contributed by atoms with Gasteiger partial charge in [-0.05, 0) is 18.8 Å². The lowest BCUT2D eigenvalue weighted by Gasteiger charge is -2.14. The molecule has 0 unspecified atom stereocenters. The minimum Gasteiger partial charge on any atom is -0.349 e. The van der Waals surface area contributed by atoms with Gasteiger partial charge in [0.25, 0.3) is 0 Å². The molecule has 0 spiro atoms. The summed E-state index contributed by atoms with van der Waals surface area (Å²) in [6.45, 7) is 0.236. The van der Waals surface area contributed by atoms with Crippen LogP contribution in [0.4, 0.5) is 0 Å². The van der Waals surface area contributed by atoms with E-state index in [9.17, 15) is 9.59 Å². The fraction of sp³-hybridized carbons (Fsp3) is 0.700. The molecule has 0 radical (unpaired) electrons. The zero-order chi connectivity index (χ0) is 12.3. The van der Waals surface area contributed by atoms with Crippen LogP contribution in [0.25, 0.3) is 0 Å². The van der Waals surface area contributed by atoms with Crippen molar-refractivity contribution in [1.29, 1.82) is 0 Å². The van der Waals surface area contributed by atoms with Crippen LogP contribution in [0.5, 0.6) is 0 Å². The molecular formula is C10H18ClN5O2. The van der Waals surface area contributed by atoms with Crippen LogP contribution in [0, 0.1) is 5.92 Å². The average Bonchev–Trinajstić information content (AvgIpc) is 2.86. The molecule has 1 amide bonds. The van der Waals surface area contributed by atoms with Crippen LogP contribution in [0.15, 0.2) is 4.79 Å². The third-order valence-corrected chi connectivity index (χ3v) is 3.17.